The first-order valence-corrected chi connectivity index (χ1v) is 8.78. The average molecular weight is 358 g/mol. The van der Waals surface area contributed by atoms with Crippen LogP contribution < -0.4 is 22.7 Å². The van der Waals surface area contributed by atoms with Gasteiger partial charge in [-0.2, -0.15) is 0 Å². The molecule has 0 atom stereocenters. The predicted octanol–water partition coefficient (Wildman–Crippen LogP) is 3.13. The van der Waals surface area contributed by atoms with E-state index in [9.17, 15) is 0 Å². The van der Waals surface area contributed by atoms with E-state index < -0.39 is 0 Å². The summed E-state index contributed by atoms with van der Waals surface area (Å²) in [5.41, 5.74) is 19.7. The van der Waals surface area contributed by atoms with E-state index in [0.717, 1.165) is 12.1 Å². The molecule has 4 aromatic rings. The van der Waals surface area contributed by atoms with Gasteiger partial charge in [0.1, 0.15) is 5.82 Å². The largest absolute Gasteiger partial charge is 0.395 e. The third kappa shape index (κ3) is 3.30. The van der Waals surface area contributed by atoms with Crippen molar-refractivity contribution in [3.05, 3.63) is 83.6 Å². The Balaban J connectivity index is 1.71. The Kier molecular flexibility index (Phi) is 4.40. The van der Waals surface area contributed by atoms with Crippen LogP contribution in [0.4, 0.5) is 17.3 Å². The van der Waals surface area contributed by atoms with Gasteiger partial charge in [-0.1, -0.05) is 42.5 Å². The summed E-state index contributed by atoms with van der Waals surface area (Å²) in [5.74, 6) is 6.29. The summed E-state index contributed by atoms with van der Waals surface area (Å²) >= 11 is 0. The predicted molar refractivity (Wildman–Crippen MR) is 111 cm³/mol. The summed E-state index contributed by atoms with van der Waals surface area (Å²) in [6, 6.07) is 20.7. The standard InChI is InChI=1S/C21H22N6/c22-19-12-16(20(23)21(25-19)26-24)11-15-7-4-8-18-17(15)9-10-27(18)13-14-5-2-1-3-6-14/h1-10,12H,11,13,23-24H2,(H3,22,25,26). The number of hydrogen-bond acceptors (Lipinski definition) is 5. The fraction of sp³-hybridized carbons (Fsp3) is 0.0952. The minimum atomic E-state index is 0.390. The lowest BCUT2D eigenvalue weighted by molar-refractivity contribution is 0.837. The smallest absolute Gasteiger partial charge is 0.165 e. The highest BCUT2D eigenvalue weighted by Crippen LogP contribution is 2.28. The van der Waals surface area contributed by atoms with Crippen molar-refractivity contribution in [3.63, 3.8) is 0 Å². The summed E-state index contributed by atoms with van der Waals surface area (Å²) < 4.78 is 2.26. The van der Waals surface area contributed by atoms with Gasteiger partial charge in [-0.05, 0) is 34.9 Å². The van der Waals surface area contributed by atoms with Gasteiger partial charge in [-0.3, -0.25) is 0 Å². The summed E-state index contributed by atoms with van der Waals surface area (Å²) in [5, 5.41) is 1.20. The van der Waals surface area contributed by atoms with Crippen molar-refractivity contribution in [2.45, 2.75) is 13.0 Å². The molecule has 0 fully saturated rings. The van der Waals surface area contributed by atoms with Gasteiger partial charge < -0.3 is 21.5 Å². The van der Waals surface area contributed by atoms with Gasteiger partial charge in [0.05, 0.1) is 5.69 Å². The Bertz CT molecular complexity index is 1080. The summed E-state index contributed by atoms with van der Waals surface area (Å²) in [7, 11) is 0. The van der Waals surface area contributed by atoms with E-state index in [1.165, 1.54) is 22.0 Å². The monoisotopic (exact) mass is 358 g/mol. The van der Waals surface area contributed by atoms with Crippen LogP contribution in [0.25, 0.3) is 10.9 Å². The zero-order valence-corrected chi connectivity index (χ0v) is 14.9. The van der Waals surface area contributed by atoms with Gasteiger partial charge in [0.25, 0.3) is 0 Å². The first-order valence-electron chi connectivity index (χ1n) is 8.78. The first kappa shape index (κ1) is 16.9. The highest BCUT2D eigenvalue weighted by Gasteiger charge is 2.12. The molecule has 0 aliphatic rings. The molecule has 0 spiro atoms. The highest BCUT2D eigenvalue weighted by molar-refractivity contribution is 5.84. The van der Waals surface area contributed by atoms with Crippen molar-refractivity contribution in [1.82, 2.24) is 9.55 Å². The Hall–Kier alpha value is -3.51. The zero-order valence-electron chi connectivity index (χ0n) is 14.9. The maximum absolute atomic E-state index is 6.20. The fourth-order valence-corrected chi connectivity index (χ4v) is 3.45. The number of hydrazine groups is 1. The van der Waals surface area contributed by atoms with Crippen molar-refractivity contribution < 1.29 is 0 Å². The molecule has 136 valence electrons. The van der Waals surface area contributed by atoms with Crippen LogP contribution in [0, 0.1) is 0 Å². The van der Waals surface area contributed by atoms with Crippen LogP contribution in [0.15, 0.2) is 66.9 Å². The number of rotatable bonds is 5. The number of nitrogens with two attached hydrogens (primary N) is 3. The van der Waals surface area contributed by atoms with E-state index in [1.54, 1.807) is 6.07 Å². The molecule has 0 saturated carbocycles. The number of pyridine rings is 1. The third-order valence-corrected chi connectivity index (χ3v) is 4.78. The minimum Gasteiger partial charge on any atom is -0.395 e. The van der Waals surface area contributed by atoms with Crippen LogP contribution in [0.2, 0.25) is 0 Å². The molecule has 2 aromatic carbocycles. The Morgan fingerprint density at radius 3 is 2.52 bits per heavy atom. The number of benzene rings is 2. The van der Waals surface area contributed by atoms with Gasteiger partial charge >= 0.3 is 0 Å². The quantitative estimate of drug-likeness (QED) is 0.324. The molecule has 27 heavy (non-hydrogen) atoms. The fourth-order valence-electron chi connectivity index (χ4n) is 3.45. The van der Waals surface area contributed by atoms with Crippen LogP contribution in [0.3, 0.4) is 0 Å². The lowest BCUT2D eigenvalue weighted by atomic mass is 10.0. The second-order valence-electron chi connectivity index (χ2n) is 6.57. The second-order valence-corrected chi connectivity index (χ2v) is 6.57. The Morgan fingerprint density at radius 1 is 0.926 bits per heavy atom. The molecule has 0 saturated heterocycles. The van der Waals surface area contributed by atoms with Gasteiger partial charge in [0.2, 0.25) is 0 Å². The number of nitrogen functional groups attached to an aromatic ring is 3. The molecule has 0 radical (unpaired) electrons. The summed E-state index contributed by atoms with van der Waals surface area (Å²) in [4.78, 5) is 4.12. The van der Waals surface area contributed by atoms with E-state index in [4.69, 9.17) is 17.3 Å². The minimum absolute atomic E-state index is 0.390. The lowest BCUT2D eigenvalue weighted by Crippen LogP contribution is -2.13. The Labute approximate surface area is 157 Å². The number of fused-ring (bicyclic) bond motifs is 1. The van der Waals surface area contributed by atoms with Gasteiger partial charge in [-0.25, -0.2) is 10.8 Å². The molecular weight excluding hydrogens is 336 g/mol. The molecule has 2 heterocycles. The van der Waals surface area contributed by atoms with Gasteiger partial charge in [-0.15, -0.1) is 0 Å². The topological polar surface area (TPSA) is 108 Å². The third-order valence-electron chi connectivity index (χ3n) is 4.78. The van der Waals surface area contributed by atoms with Gasteiger partial charge in [0, 0.05) is 30.1 Å². The molecule has 6 nitrogen and oxygen atoms in total. The molecular formula is C21H22N6. The van der Waals surface area contributed by atoms with Gasteiger partial charge in [0.15, 0.2) is 5.82 Å². The molecule has 6 heteroatoms. The van der Waals surface area contributed by atoms with Crippen molar-refractivity contribution >= 4 is 28.2 Å². The molecule has 0 amide bonds. The lowest BCUT2D eigenvalue weighted by Gasteiger charge is -2.12. The molecule has 0 aliphatic carbocycles. The van der Waals surface area contributed by atoms with Crippen molar-refractivity contribution in [2.24, 2.45) is 5.84 Å². The van der Waals surface area contributed by atoms with Crippen molar-refractivity contribution in [2.75, 3.05) is 16.9 Å². The molecule has 4 rings (SSSR count). The molecule has 2 aromatic heterocycles. The SMILES string of the molecule is NNc1nc(N)cc(Cc2cccc3c2ccn3Cc2ccccc2)c1N. The summed E-state index contributed by atoms with van der Waals surface area (Å²) in [6.07, 6.45) is 2.78. The van der Waals surface area contributed by atoms with Crippen molar-refractivity contribution in [1.29, 1.82) is 0 Å². The first-order chi connectivity index (χ1) is 13.2. The average Bonchev–Trinajstić information content (AvgIpc) is 3.09. The Morgan fingerprint density at radius 2 is 1.74 bits per heavy atom. The second kappa shape index (κ2) is 7.01. The van der Waals surface area contributed by atoms with E-state index in [0.29, 0.717) is 23.7 Å². The van der Waals surface area contributed by atoms with Crippen LogP contribution in [-0.2, 0) is 13.0 Å². The van der Waals surface area contributed by atoms with Crippen LogP contribution >= 0.6 is 0 Å². The molecule has 0 unspecified atom stereocenters. The van der Waals surface area contributed by atoms with E-state index >= 15 is 0 Å². The number of anilines is 3. The van der Waals surface area contributed by atoms with Crippen LogP contribution in [0.1, 0.15) is 16.7 Å². The van der Waals surface area contributed by atoms with Crippen molar-refractivity contribution in [3.8, 4) is 0 Å². The maximum Gasteiger partial charge on any atom is 0.165 e. The zero-order chi connectivity index (χ0) is 18.8. The number of nitrogens with zero attached hydrogens (tertiary/aromatic N) is 2. The number of aromatic nitrogens is 2. The highest BCUT2D eigenvalue weighted by atomic mass is 15.3. The molecule has 7 N–H and O–H groups in total. The van der Waals surface area contributed by atoms with Crippen LogP contribution in [-0.4, -0.2) is 9.55 Å². The number of hydrogen-bond donors (Lipinski definition) is 4. The van der Waals surface area contributed by atoms with E-state index in [2.05, 4.69) is 69.7 Å². The molecule has 0 bridgehead atoms. The summed E-state index contributed by atoms with van der Waals surface area (Å²) in [6.45, 7) is 0.833. The van der Waals surface area contributed by atoms with Crippen LogP contribution in [0.5, 0.6) is 0 Å². The number of nitrogens with one attached hydrogen (secondary N) is 1. The van der Waals surface area contributed by atoms with E-state index in [1.807, 2.05) is 6.07 Å². The maximum atomic E-state index is 6.20. The van der Waals surface area contributed by atoms with E-state index in [-0.39, 0.29) is 0 Å². The molecule has 0 aliphatic heterocycles. The normalized spacial score (nSPS) is 11.0.